The number of carbonyl (C=O) groups excluding carboxylic acids is 3. The van der Waals surface area contributed by atoms with E-state index in [9.17, 15) is 19.2 Å². The van der Waals surface area contributed by atoms with Crippen molar-refractivity contribution >= 4 is 23.4 Å². The summed E-state index contributed by atoms with van der Waals surface area (Å²) in [6.07, 6.45) is 5.35. The second-order valence-corrected chi connectivity index (χ2v) is 7.26. The molecule has 1 atom stereocenters. The van der Waals surface area contributed by atoms with E-state index in [1.54, 1.807) is 38.1 Å². The van der Waals surface area contributed by atoms with Crippen molar-refractivity contribution < 1.29 is 14.4 Å². The number of nitrogens with one attached hydrogen (secondary N) is 1. The predicted octanol–water partition coefficient (Wildman–Crippen LogP) is 1.18. The molecule has 2 heterocycles. The zero-order chi connectivity index (χ0) is 22.7. The third-order valence-corrected chi connectivity index (χ3v) is 4.71. The Kier molecular flexibility index (Phi) is 6.21. The Morgan fingerprint density at radius 1 is 1.16 bits per heavy atom. The summed E-state index contributed by atoms with van der Waals surface area (Å²) in [5.41, 5.74) is 6.08. The van der Waals surface area contributed by atoms with Gasteiger partial charge >= 0.3 is 0 Å². The molecule has 0 aliphatic heterocycles. The van der Waals surface area contributed by atoms with Gasteiger partial charge in [-0.1, -0.05) is 13.8 Å². The molecular weight excluding hydrogens is 400 g/mol. The first kappa shape index (κ1) is 21.8. The Labute approximate surface area is 177 Å². The van der Waals surface area contributed by atoms with Crippen LogP contribution in [0.25, 0.3) is 11.4 Å². The van der Waals surface area contributed by atoms with Gasteiger partial charge in [-0.05, 0) is 30.2 Å². The molecule has 0 aliphatic rings. The van der Waals surface area contributed by atoms with Crippen LogP contribution in [-0.2, 0) is 9.59 Å². The van der Waals surface area contributed by atoms with Crippen LogP contribution in [0.3, 0.4) is 0 Å². The summed E-state index contributed by atoms with van der Waals surface area (Å²) in [6.45, 7) is 4.88. The van der Waals surface area contributed by atoms with Crippen molar-refractivity contribution in [2.45, 2.75) is 26.8 Å². The average molecular weight is 422 g/mol. The molecule has 1 unspecified atom stereocenters. The van der Waals surface area contributed by atoms with E-state index in [1.807, 2.05) is 0 Å². The van der Waals surface area contributed by atoms with Crippen molar-refractivity contribution in [1.82, 2.24) is 19.5 Å². The maximum Gasteiger partial charge on any atom is 0.270 e. The summed E-state index contributed by atoms with van der Waals surface area (Å²) in [4.78, 5) is 60.9. The number of imide groups is 1. The normalized spacial score (nSPS) is 11.9. The molecule has 10 nitrogen and oxygen atoms in total. The van der Waals surface area contributed by atoms with Crippen molar-refractivity contribution in [3.8, 4) is 11.4 Å². The van der Waals surface area contributed by atoms with Crippen LogP contribution in [-0.4, -0.2) is 43.3 Å². The van der Waals surface area contributed by atoms with E-state index in [0.717, 1.165) is 4.90 Å². The summed E-state index contributed by atoms with van der Waals surface area (Å²) in [6, 6.07) is 5.52. The minimum atomic E-state index is -0.817. The molecule has 0 radical (unpaired) electrons. The summed E-state index contributed by atoms with van der Waals surface area (Å²) in [7, 11) is 0. The lowest BCUT2D eigenvalue weighted by atomic mass is 10.0. The van der Waals surface area contributed by atoms with Gasteiger partial charge in [0.1, 0.15) is 17.7 Å². The van der Waals surface area contributed by atoms with Crippen molar-refractivity contribution in [3.05, 3.63) is 65.1 Å². The summed E-state index contributed by atoms with van der Waals surface area (Å²) in [5, 5.41) is 0. The second-order valence-electron chi connectivity index (χ2n) is 7.26. The highest BCUT2D eigenvalue weighted by molar-refractivity contribution is 6.15. The van der Waals surface area contributed by atoms with E-state index in [2.05, 4.69) is 15.0 Å². The van der Waals surface area contributed by atoms with Crippen LogP contribution in [0.4, 0.5) is 5.69 Å². The van der Waals surface area contributed by atoms with Gasteiger partial charge in [-0.15, -0.1) is 0 Å². The molecule has 3 N–H and O–H groups in total. The summed E-state index contributed by atoms with van der Waals surface area (Å²) in [5.74, 6) is -1.40. The van der Waals surface area contributed by atoms with Crippen molar-refractivity contribution in [3.63, 3.8) is 0 Å². The molecule has 0 fully saturated rings. The van der Waals surface area contributed by atoms with Crippen LogP contribution in [0, 0.1) is 5.92 Å². The van der Waals surface area contributed by atoms with E-state index in [-0.39, 0.29) is 17.3 Å². The van der Waals surface area contributed by atoms with Crippen LogP contribution in [0.15, 0.2) is 54.0 Å². The van der Waals surface area contributed by atoms with Gasteiger partial charge in [-0.25, -0.2) is 14.9 Å². The molecular formula is C21H22N6O4. The molecule has 2 amide bonds. The molecule has 0 bridgehead atoms. The number of rotatable bonds is 5. The Balaban J connectivity index is 1.88. The quantitative estimate of drug-likeness (QED) is 0.628. The third-order valence-electron chi connectivity index (χ3n) is 4.71. The van der Waals surface area contributed by atoms with Gasteiger partial charge in [0.05, 0.1) is 11.7 Å². The standard InChI is InChI=1S/C21H22N6O4/c1-12(2)17(22)21(31)27(13(3)28)15-6-4-14(5-7-15)18-24-10-16(19(29)25-18)20(30)26-9-8-23-11-26/h4-12,17H,22H2,1-3H3,(H,24,25,29). The first-order valence-corrected chi connectivity index (χ1v) is 9.53. The highest BCUT2D eigenvalue weighted by atomic mass is 16.2. The minimum Gasteiger partial charge on any atom is -0.320 e. The van der Waals surface area contributed by atoms with Crippen molar-refractivity contribution in [2.24, 2.45) is 11.7 Å². The first-order valence-electron chi connectivity index (χ1n) is 9.53. The molecule has 0 saturated carbocycles. The van der Waals surface area contributed by atoms with Crippen LogP contribution in [0.2, 0.25) is 0 Å². The zero-order valence-corrected chi connectivity index (χ0v) is 17.3. The number of hydrogen-bond acceptors (Lipinski definition) is 7. The number of nitrogens with two attached hydrogens (primary N) is 1. The number of benzene rings is 1. The maximum atomic E-state index is 12.6. The zero-order valence-electron chi connectivity index (χ0n) is 17.3. The van der Waals surface area contributed by atoms with Crippen LogP contribution in [0.1, 0.15) is 31.1 Å². The molecule has 1 aromatic carbocycles. The molecule has 31 heavy (non-hydrogen) atoms. The molecule has 0 saturated heterocycles. The highest BCUT2D eigenvalue weighted by Crippen LogP contribution is 2.22. The maximum absolute atomic E-state index is 12.6. The molecule has 0 aliphatic carbocycles. The number of carbonyl (C=O) groups is 3. The number of H-pyrrole nitrogens is 1. The van der Waals surface area contributed by atoms with Gasteiger partial charge < -0.3 is 10.7 Å². The van der Waals surface area contributed by atoms with E-state index >= 15 is 0 Å². The molecule has 2 aromatic heterocycles. The number of amides is 2. The van der Waals surface area contributed by atoms with Gasteiger partial charge in [0.2, 0.25) is 5.91 Å². The molecule has 3 rings (SSSR count). The summed E-state index contributed by atoms with van der Waals surface area (Å²) < 4.78 is 1.18. The SMILES string of the molecule is CC(=O)N(C(=O)C(N)C(C)C)c1ccc(-c2ncc(C(=O)n3ccnc3)c(=O)[nH]2)cc1. The van der Waals surface area contributed by atoms with Gasteiger partial charge in [0, 0.05) is 31.1 Å². The smallest absolute Gasteiger partial charge is 0.270 e. The third kappa shape index (κ3) is 4.48. The molecule has 10 heteroatoms. The minimum absolute atomic E-state index is 0.130. The largest absolute Gasteiger partial charge is 0.320 e. The Morgan fingerprint density at radius 2 is 1.84 bits per heavy atom. The number of aromatic amines is 1. The number of aromatic nitrogens is 4. The fraction of sp³-hybridized carbons (Fsp3) is 0.238. The lowest BCUT2D eigenvalue weighted by Crippen LogP contribution is -2.48. The number of anilines is 1. The first-order chi connectivity index (χ1) is 14.7. The second kappa shape index (κ2) is 8.84. The average Bonchev–Trinajstić information content (AvgIpc) is 3.28. The fourth-order valence-corrected chi connectivity index (χ4v) is 2.88. The topological polar surface area (TPSA) is 144 Å². The van der Waals surface area contributed by atoms with E-state index in [4.69, 9.17) is 5.73 Å². The molecule has 0 spiro atoms. The Morgan fingerprint density at radius 3 is 2.35 bits per heavy atom. The van der Waals surface area contributed by atoms with Crippen LogP contribution >= 0.6 is 0 Å². The van der Waals surface area contributed by atoms with Crippen LogP contribution < -0.4 is 16.2 Å². The van der Waals surface area contributed by atoms with Crippen molar-refractivity contribution in [2.75, 3.05) is 4.90 Å². The number of nitrogens with zero attached hydrogens (tertiary/aromatic N) is 4. The number of hydrogen-bond donors (Lipinski definition) is 2. The highest BCUT2D eigenvalue weighted by Gasteiger charge is 2.27. The number of imidazole rings is 1. The molecule has 3 aromatic rings. The van der Waals surface area contributed by atoms with Crippen LogP contribution in [0.5, 0.6) is 0 Å². The Hall–Kier alpha value is -3.92. The van der Waals surface area contributed by atoms with E-state index in [0.29, 0.717) is 11.3 Å². The predicted molar refractivity (Wildman–Crippen MR) is 113 cm³/mol. The van der Waals surface area contributed by atoms with E-state index < -0.39 is 29.3 Å². The van der Waals surface area contributed by atoms with Gasteiger partial charge in [0.25, 0.3) is 17.4 Å². The Bertz CT molecular complexity index is 1170. The van der Waals surface area contributed by atoms with Gasteiger partial charge in [-0.2, -0.15) is 0 Å². The fourth-order valence-electron chi connectivity index (χ4n) is 2.88. The van der Waals surface area contributed by atoms with Gasteiger partial charge in [0.15, 0.2) is 0 Å². The van der Waals surface area contributed by atoms with Crippen molar-refractivity contribution in [1.29, 1.82) is 0 Å². The van der Waals surface area contributed by atoms with E-state index in [1.165, 1.54) is 36.4 Å². The summed E-state index contributed by atoms with van der Waals surface area (Å²) >= 11 is 0. The monoisotopic (exact) mass is 422 g/mol. The molecule has 160 valence electrons. The lowest BCUT2D eigenvalue weighted by Gasteiger charge is -2.24. The van der Waals surface area contributed by atoms with Gasteiger partial charge in [-0.3, -0.25) is 23.7 Å². The lowest BCUT2D eigenvalue weighted by molar-refractivity contribution is -0.126.